The molecule has 6 heteroatoms. The van der Waals surface area contributed by atoms with E-state index in [1.807, 2.05) is 36.4 Å². The number of imidazole rings is 1. The lowest BCUT2D eigenvalue weighted by Crippen LogP contribution is -2.26. The maximum Gasteiger partial charge on any atom is 0.326 e. The molecule has 1 aromatic heterocycles. The Morgan fingerprint density at radius 1 is 1.13 bits per heavy atom. The number of aryl methyl sites for hydroxylation is 1. The van der Waals surface area contributed by atoms with Crippen molar-refractivity contribution < 1.29 is 4.79 Å². The van der Waals surface area contributed by atoms with Crippen LogP contribution in [0.3, 0.4) is 0 Å². The number of hydrogen-bond acceptors (Lipinski definition) is 2. The van der Waals surface area contributed by atoms with Gasteiger partial charge in [-0.25, -0.2) is 4.79 Å². The Kier molecular flexibility index (Phi) is 4.62. The van der Waals surface area contributed by atoms with E-state index in [1.165, 1.54) is 0 Å². The highest BCUT2D eigenvalue weighted by atomic mass is 79.9. The molecule has 3 aromatic rings. The van der Waals surface area contributed by atoms with Crippen molar-refractivity contribution in [3.05, 3.63) is 69.1 Å². The number of para-hydroxylation sites is 2. The molecule has 5 nitrogen and oxygen atoms in total. The highest BCUT2D eigenvalue weighted by Crippen LogP contribution is 2.11. The normalized spacial score (nSPS) is 10.8. The molecule has 2 aromatic carbocycles. The SMILES string of the molecule is O=C(NCCCn1c(=O)[nH]c2ccccc21)c1ccc(Br)cc1. The van der Waals surface area contributed by atoms with E-state index in [2.05, 4.69) is 26.2 Å². The number of aromatic nitrogens is 2. The van der Waals surface area contributed by atoms with E-state index < -0.39 is 0 Å². The number of H-pyrrole nitrogens is 1. The van der Waals surface area contributed by atoms with E-state index in [4.69, 9.17) is 0 Å². The van der Waals surface area contributed by atoms with Crippen molar-refractivity contribution in [3.8, 4) is 0 Å². The standard InChI is InChI=1S/C17H16BrN3O2/c18-13-8-6-12(7-9-13)16(22)19-10-3-11-21-15-5-2-1-4-14(15)20-17(21)23/h1-2,4-9H,3,10-11H2,(H,19,22)(H,20,23). The minimum atomic E-state index is -0.120. The van der Waals surface area contributed by atoms with E-state index in [0.29, 0.717) is 25.1 Å². The number of hydrogen-bond donors (Lipinski definition) is 2. The minimum absolute atomic E-state index is 0.108. The first-order chi connectivity index (χ1) is 11.1. The third kappa shape index (κ3) is 3.53. The topological polar surface area (TPSA) is 66.9 Å². The monoisotopic (exact) mass is 373 g/mol. The van der Waals surface area contributed by atoms with Gasteiger partial charge in [-0.15, -0.1) is 0 Å². The molecule has 0 bridgehead atoms. The van der Waals surface area contributed by atoms with Gasteiger partial charge in [0.25, 0.3) is 5.91 Å². The van der Waals surface area contributed by atoms with Crippen LogP contribution in [-0.4, -0.2) is 22.0 Å². The van der Waals surface area contributed by atoms with Gasteiger partial charge in [-0.05, 0) is 42.8 Å². The molecule has 0 saturated heterocycles. The van der Waals surface area contributed by atoms with Gasteiger partial charge in [-0.2, -0.15) is 0 Å². The van der Waals surface area contributed by atoms with Crippen LogP contribution in [0, 0.1) is 0 Å². The van der Waals surface area contributed by atoms with E-state index in [9.17, 15) is 9.59 Å². The molecule has 1 amide bonds. The second kappa shape index (κ2) is 6.83. The number of nitrogens with zero attached hydrogens (tertiary/aromatic N) is 1. The molecule has 3 rings (SSSR count). The Bertz CT molecular complexity index is 881. The van der Waals surface area contributed by atoms with Crippen LogP contribution in [0.5, 0.6) is 0 Å². The van der Waals surface area contributed by atoms with Gasteiger partial charge in [0.05, 0.1) is 11.0 Å². The molecular weight excluding hydrogens is 358 g/mol. The zero-order valence-electron chi connectivity index (χ0n) is 12.4. The lowest BCUT2D eigenvalue weighted by atomic mass is 10.2. The third-order valence-corrected chi connectivity index (χ3v) is 4.16. The fourth-order valence-electron chi connectivity index (χ4n) is 2.47. The van der Waals surface area contributed by atoms with E-state index in [-0.39, 0.29) is 11.6 Å². The highest BCUT2D eigenvalue weighted by molar-refractivity contribution is 9.10. The van der Waals surface area contributed by atoms with Crippen molar-refractivity contribution >= 4 is 32.9 Å². The van der Waals surface area contributed by atoms with Crippen LogP contribution in [0.25, 0.3) is 11.0 Å². The third-order valence-electron chi connectivity index (χ3n) is 3.63. The molecule has 0 fully saturated rings. The highest BCUT2D eigenvalue weighted by Gasteiger charge is 2.07. The number of rotatable bonds is 5. The first-order valence-corrected chi connectivity index (χ1v) is 8.16. The summed E-state index contributed by atoms with van der Waals surface area (Å²) in [5, 5.41) is 2.87. The molecule has 0 unspecified atom stereocenters. The number of carbonyl (C=O) groups is 1. The van der Waals surface area contributed by atoms with E-state index in [0.717, 1.165) is 15.5 Å². The van der Waals surface area contributed by atoms with Gasteiger partial charge in [-0.3, -0.25) is 9.36 Å². The minimum Gasteiger partial charge on any atom is -0.352 e. The predicted molar refractivity (Wildman–Crippen MR) is 93.7 cm³/mol. The van der Waals surface area contributed by atoms with Crippen LogP contribution in [-0.2, 0) is 6.54 Å². The van der Waals surface area contributed by atoms with Gasteiger partial charge in [0.15, 0.2) is 0 Å². The van der Waals surface area contributed by atoms with Gasteiger partial charge < -0.3 is 10.3 Å². The Balaban J connectivity index is 1.57. The average molecular weight is 374 g/mol. The second-order valence-corrected chi connectivity index (χ2v) is 6.13. The summed E-state index contributed by atoms with van der Waals surface area (Å²) in [7, 11) is 0. The quantitative estimate of drug-likeness (QED) is 0.675. The lowest BCUT2D eigenvalue weighted by molar-refractivity contribution is 0.0953. The molecule has 0 spiro atoms. The molecular formula is C17H16BrN3O2. The smallest absolute Gasteiger partial charge is 0.326 e. The molecule has 2 N–H and O–H groups in total. The molecule has 118 valence electrons. The summed E-state index contributed by atoms with van der Waals surface area (Å²) in [4.78, 5) is 26.8. The first kappa shape index (κ1) is 15.6. The maximum absolute atomic E-state index is 12.0. The summed E-state index contributed by atoms with van der Waals surface area (Å²) in [5.74, 6) is -0.108. The number of nitrogens with one attached hydrogen (secondary N) is 2. The van der Waals surface area contributed by atoms with Gasteiger partial charge in [0.2, 0.25) is 0 Å². The lowest BCUT2D eigenvalue weighted by Gasteiger charge is -2.06. The van der Waals surface area contributed by atoms with Crippen molar-refractivity contribution in [1.29, 1.82) is 0 Å². The maximum atomic E-state index is 12.0. The molecule has 0 aliphatic carbocycles. The molecule has 0 atom stereocenters. The largest absolute Gasteiger partial charge is 0.352 e. The zero-order valence-corrected chi connectivity index (χ0v) is 14.0. The van der Waals surface area contributed by atoms with E-state index >= 15 is 0 Å². The molecule has 23 heavy (non-hydrogen) atoms. The fourth-order valence-corrected chi connectivity index (χ4v) is 2.74. The van der Waals surface area contributed by atoms with Gasteiger partial charge in [0, 0.05) is 23.1 Å². The summed E-state index contributed by atoms with van der Waals surface area (Å²) in [5.41, 5.74) is 2.22. The Labute approximate surface area is 141 Å². The summed E-state index contributed by atoms with van der Waals surface area (Å²) >= 11 is 3.34. The van der Waals surface area contributed by atoms with Crippen molar-refractivity contribution in [3.63, 3.8) is 0 Å². The first-order valence-electron chi connectivity index (χ1n) is 7.36. The van der Waals surface area contributed by atoms with Crippen molar-refractivity contribution in [2.24, 2.45) is 0 Å². The van der Waals surface area contributed by atoms with Crippen LogP contribution in [0.4, 0.5) is 0 Å². The predicted octanol–water partition coefficient (Wildman–Crippen LogP) is 2.91. The van der Waals surface area contributed by atoms with E-state index in [1.54, 1.807) is 16.7 Å². The molecule has 0 radical (unpaired) electrons. The summed E-state index contributed by atoms with van der Waals surface area (Å²) in [6, 6.07) is 14.8. The fraction of sp³-hybridized carbons (Fsp3) is 0.176. The summed E-state index contributed by atoms with van der Waals surface area (Å²) in [6.45, 7) is 1.07. The van der Waals surface area contributed by atoms with Crippen LogP contribution in [0.1, 0.15) is 16.8 Å². The summed E-state index contributed by atoms with van der Waals surface area (Å²) < 4.78 is 2.63. The summed E-state index contributed by atoms with van der Waals surface area (Å²) in [6.07, 6.45) is 0.685. The molecule has 0 aliphatic rings. The van der Waals surface area contributed by atoms with Crippen LogP contribution in [0.2, 0.25) is 0 Å². The second-order valence-electron chi connectivity index (χ2n) is 5.22. The van der Waals surface area contributed by atoms with Crippen molar-refractivity contribution in [2.75, 3.05) is 6.54 Å². The van der Waals surface area contributed by atoms with Gasteiger partial charge in [-0.1, -0.05) is 28.1 Å². The number of amides is 1. The van der Waals surface area contributed by atoms with Gasteiger partial charge in [0.1, 0.15) is 0 Å². The van der Waals surface area contributed by atoms with Crippen LogP contribution >= 0.6 is 15.9 Å². The Hall–Kier alpha value is -2.34. The Morgan fingerprint density at radius 3 is 2.65 bits per heavy atom. The zero-order chi connectivity index (χ0) is 16.2. The molecule has 0 aliphatic heterocycles. The average Bonchev–Trinajstić information content (AvgIpc) is 2.87. The Morgan fingerprint density at radius 2 is 1.87 bits per heavy atom. The van der Waals surface area contributed by atoms with Crippen LogP contribution in [0.15, 0.2) is 57.8 Å². The molecule has 1 heterocycles. The van der Waals surface area contributed by atoms with Crippen molar-refractivity contribution in [1.82, 2.24) is 14.9 Å². The molecule has 0 saturated carbocycles. The van der Waals surface area contributed by atoms with Gasteiger partial charge >= 0.3 is 5.69 Å². The number of fused-ring (bicyclic) bond motifs is 1. The number of halogens is 1. The number of benzene rings is 2. The van der Waals surface area contributed by atoms with Crippen molar-refractivity contribution in [2.45, 2.75) is 13.0 Å². The number of carbonyl (C=O) groups excluding carboxylic acids is 1. The number of aromatic amines is 1. The van der Waals surface area contributed by atoms with Crippen LogP contribution < -0.4 is 11.0 Å².